The average molecular weight is 369 g/mol. The monoisotopic (exact) mass is 369 g/mol. The molecule has 0 radical (unpaired) electrons. The lowest BCUT2D eigenvalue weighted by molar-refractivity contribution is 0.190. The van der Waals surface area contributed by atoms with Crippen molar-refractivity contribution in [2.75, 3.05) is 37.9 Å². The number of sulfonamides is 1. The molecule has 2 amide bonds. The summed E-state index contributed by atoms with van der Waals surface area (Å²) in [7, 11) is -3.28. The van der Waals surface area contributed by atoms with Gasteiger partial charge in [-0.3, -0.25) is 0 Å². The number of carbonyl (C=O) groups is 1. The fraction of sp³-hybridized carbons (Fsp3) is 0.562. The van der Waals surface area contributed by atoms with E-state index in [0.717, 1.165) is 25.5 Å². The Morgan fingerprint density at radius 1 is 1.20 bits per heavy atom. The van der Waals surface area contributed by atoms with Gasteiger partial charge in [-0.05, 0) is 25.0 Å². The second-order valence-electron chi connectivity index (χ2n) is 6.32. The largest absolute Gasteiger partial charge is 0.490 e. The van der Waals surface area contributed by atoms with E-state index in [-0.39, 0.29) is 12.1 Å². The standard InChI is InChI=1S/C16H23N3O5S/c1-25(21,22)18-13-4-2-7-19(11-13)16(20)17-12-5-6-14-15(10-12)24-9-3-8-23-14/h5-6,10,13,18H,2-4,7-9,11H2,1H3,(H,17,20). The van der Waals surface area contributed by atoms with Gasteiger partial charge in [0.05, 0.1) is 19.5 Å². The summed E-state index contributed by atoms with van der Waals surface area (Å²) < 4.78 is 36.5. The zero-order valence-corrected chi connectivity index (χ0v) is 15.0. The van der Waals surface area contributed by atoms with Gasteiger partial charge in [0, 0.05) is 37.3 Å². The van der Waals surface area contributed by atoms with Crippen LogP contribution in [-0.4, -0.2) is 57.9 Å². The Labute approximate surface area is 147 Å². The molecule has 0 aliphatic carbocycles. The molecule has 2 heterocycles. The molecule has 1 saturated heterocycles. The molecule has 0 bridgehead atoms. The minimum Gasteiger partial charge on any atom is -0.490 e. The number of hydrogen-bond acceptors (Lipinski definition) is 5. The summed E-state index contributed by atoms with van der Waals surface area (Å²) >= 11 is 0. The molecule has 8 nitrogen and oxygen atoms in total. The summed E-state index contributed by atoms with van der Waals surface area (Å²) in [5.74, 6) is 1.29. The van der Waals surface area contributed by atoms with Crippen molar-refractivity contribution in [1.82, 2.24) is 9.62 Å². The van der Waals surface area contributed by atoms with Gasteiger partial charge < -0.3 is 19.7 Å². The van der Waals surface area contributed by atoms with Gasteiger partial charge in [-0.2, -0.15) is 0 Å². The first-order valence-electron chi connectivity index (χ1n) is 8.33. The number of nitrogens with one attached hydrogen (secondary N) is 2. The summed E-state index contributed by atoms with van der Waals surface area (Å²) in [6, 6.07) is 4.78. The van der Waals surface area contributed by atoms with Crippen LogP contribution < -0.4 is 19.5 Å². The number of benzene rings is 1. The van der Waals surface area contributed by atoms with Crippen LogP contribution in [-0.2, 0) is 10.0 Å². The lowest BCUT2D eigenvalue weighted by Gasteiger charge is -2.32. The fourth-order valence-electron chi connectivity index (χ4n) is 3.00. The van der Waals surface area contributed by atoms with E-state index in [1.807, 2.05) is 0 Å². The topological polar surface area (TPSA) is 97.0 Å². The molecule has 0 spiro atoms. The summed E-state index contributed by atoms with van der Waals surface area (Å²) in [6.45, 7) is 2.14. The Bertz CT molecular complexity index is 737. The number of piperidine rings is 1. The smallest absolute Gasteiger partial charge is 0.321 e. The molecule has 25 heavy (non-hydrogen) atoms. The molecule has 0 aromatic heterocycles. The maximum absolute atomic E-state index is 12.5. The third kappa shape index (κ3) is 4.99. The Balaban J connectivity index is 1.62. The van der Waals surface area contributed by atoms with Crippen LogP contribution in [0.1, 0.15) is 19.3 Å². The van der Waals surface area contributed by atoms with Crippen LogP contribution in [0.3, 0.4) is 0 Å². The van der Waals surface area contributed by atoms with Crippen LogP contribution >= 0.6 is 0 Å². The number of amides is 2. The fourth-order valence-corrected chi connectivity index (χ4v) is 3.80. The second-order valence-corrected chi connectivity index (χ2v) is 8.10. The van der Waals surface area contributed by atoms with E-state index in [1.165, 1.54) is 0 Å². The molecule has 1 aromatic carbocycles. The van der Waals surface area contributed by atoms with Gasteiger partial charge in [0.25, 0.3) is 0 Å². The summed E-state index contributed by atoms with van der Waals surface area (Å²) in [6.07, 6.45) is 3.42. The summed E-state index contributed by atoms with van der Waals surface area (Å²) in [4.78, 5) is 14.1. The van der Waals surface area contributed by atoms with E-state index < -0.39 is 10.0 Å². The zero-order chi connectivity index (χ0) is 17.9. The van der Waals surface area contributed by atoms with Crippen molar-refractivity contribution in [3.8, 4) is 11.5 Å². The molecule has 1 aromatic rings. The van der Waals surface area contributed by atoms with E-state index in [1.54, 1.807) is 23.1 Å². The third-order valence-corrected chi connectivity index (χ3v) is 4.85. The molecule has 2 aliphatic rings. The first kappa shape index (κ1) is 17.8. The van der Waals surface area contributed by atoms with Crippen LogP contribution in [0.15, 0.2) is 18.2 Å². The number of carbonyl (C=O) groups excluding carboxylic acids is 1. The predicted molar refractivity (Wildman–Crippen MR) is 93.6 cm³/mol. The third-order valence-electron chi connectivity index (χ3n) is 4.09. The van der Waals surface area contributed by atoms with E-state index in [4.69, 9.17) is 9.47 Å². The molecular weight excluding hydrogens is 346 g/mol. The van der Waals surface area contributed by atoms with Crippen molar-refractivity contribution in [3.63, 3.8) is 0 Å². The van der Waals surface area contributed by atoms with E-state index in [9.17, 15) is 13.2 Å². The van der Waals surface area contributed by atoms with Crippen molar-refractivity contribution < 1.29 is 22.7 Å². The number of ether oxygens (including phenoxy) is 2. The zero-order valence-electron chi connectivity index (χ0n) is 14.2. The summed E-state index contributed by atoms with van der Waals surface area (Å²) in [5.41, 5.74) is 0.618. The first-order valence-corrected chi connectivity index (χ1v) is 10.2. The van der Waals surface area contributed by atoms with Crippen LogP contribution in [0.2, 0.25) is 0 Å². The molecular formula is C16H23N3O5S. The highest BCUT2D eigenvalue weighted by molar-refractivity contribution is 7.88. The highest BCUT2D eigenvalue weighted by Crippen LogP contribution is 2.32. The lowest BCUT2D eigenvalue weighted by atomic mass is 10.1. The maximum atomic E-state index is 12.5. The van der Waals surface area contributed by atoms with Gasteiger partial charge in [-0.25, -0.2) is 17.9 Å². The van der Waals surface area contributed by atoms with Crippen LogP contribution in [0.5, 0.6) is 11.5 Å². The second kappa shape index (κ2) is 7.49. The Kier molecular flexibility index (Phi) is 5.33. The van der Waals surface area contributed by atoms with E-state index in [0.29, 0.717) is 43.5 Å². The van der Waals surface area contributed by atoms with Gasteiger partial charge >= 0.3 is 6.03 Å². The first-order chi connectivity index (χ1) is 11.9. The van der Waals surface area contributed by atoms with Gasteiger partial charge in [0.15, 0.2) is 11.5 Å². The number of nitrogens with zero attached hydrogens (tertiary/aromatic N) is 1. The van der Waals surface area contributed by atoms with Crippen molar-refractivity contribution in [2.24, 2.45) is 0 Å². The number of fused-ring (bicyclic) bond motifs is 1. The molecule has 3 rings (SSSR count). The lowest BCUT2D eigenvalue weighted by Crippen LogP contribution is -2.50. The molecule has 1 atom stereocenters. The van der Waals surface area contributed by atoms with Crippen molar-refractivity contribution in [3.05, 3.63) is 18.2 Å². The molecule has 1 fully saturated rings. The SMILES string of the molecule is CS(=O)(=O)NC1CCCN(C(=O)Nc2ccc3c(c2)OCCCO3)C1. The Morgan fingerprint density at radius 2 is 1.96 bits per heavy atom. The molecule has 2 aliphatic heterocycles. The van der Waals surface area contributed by atoms with Gasteiger partial charge in [0.1, 0.15) is 0 Å². The van der Waals surface area contributed by atoms with Gasteiger partial charge in [-0.15, -0.1) is 0 Å². The number of anilines is 1. The molecule has 0 saturated carbocycles. The van der Waals surface area contributed by atoms with Gasteiger partial charge in [0.2, 0.25) is 10.0 Å². The minimum absolute atomic E-state index is 0.252. The van der Waals surface area contributed by atoms with Crippen LogP contribution in [0.4, 0.5) is 10.5 Å². The minimum atomic E-state index is -3.28. The molecule has 1 unspecified atom stereocenters. The molecule has 2 N–H and O–H groups in total. The van der Waals surface area contributed by atoms with E-state index >= 15 is 0 Å². The normalized spacial score (nSPS) is 20.7. The summed E-state index contributed by atoms with van der Waals surface area (Å²) in [5, 5.41) is 2.84. The Morgan fingerprint density at radius 3 is 2.72 bits per heavy atom. The van der Waals surface area contributed by atoms with Crippen molar-refractivity contribution in [1.29, 1.82) is 0 Å². The number of urea groups is 1. The molecule has 9 heteroatoms. The highest BCUT2D eigenvalue weighted by Gasteiger charge is 2.25. The van der Waals surface area contributed by atoms with Crippen molar-refractivity contribution in [2.45, 2.75) is 25.3 Å². The number of rotatable bonds is 3. The van der Waals surface area contributed by atoms with Crippen LogP contribution in [0, 0.1) is 0 Å². The van der Waals surface area contributed by atoms with E-state index in [2.05, 4.69) is 10.0 Å². The predicted octanol–water partition coefficient (Wildman–Crippen LogP) is 1.39. The average Bonchev–Trinajstić information content (AvgIpc) is 2.78. The molecule has 138 valence electrons. The van der Waals surface area contributed by atoms with Gasteiger partial charge in [-0.1, -0.05) is 0 Å². The Hall–Kier alpha value is -2.00. The highest BCUT2D eigenvalue weighted by atomic mass is 32.2. The number of likely N-dealkylation sites (tertiary alicyclic amines) is 1. The van der Waals surface area contributed by atoms with Crippen molar-refractivity contribution >= 4 is 21.7 Å². The maximum Gasteiger partial charge on any atom is 0.321 e. The number of hydrogen-bond donors (Lipinski definition) is 2. The quantitative estimate of drug-likeness (QED) is 0.839. The van der Waals surface area contributed by atoms with Crippen LogP contribution in [0.25, 0.3) is 0 Å².